The zero-order valence-electron chi connectivity index (χ0n) is 13.5. The summed E-state index contributed by atoms with van der Waals surface area (Å²) in [6.07, 6.45) is 3.64. The third-order valence-corrected chi connectivity index (χ3v) is 2.86. The molecule has 0 spiro atoms. The van der Waals surface area contributed by atoms with E-state index in [0.29, 0.717) is 23.7 Å². The number of carbonyl (C=O) groups is 4. The minimum absolute atomic E-state index is 0.0970. The zero-order valence-corrected chi connectivity index (χ0v) is 13.5. The first-order valence-electron chi connectivity index (χ1n) is 7.33. The molecule has 0 aliphatic rings. The Kier molecular flexibility index (Phi) is 7.84. The molecule has 0 N–H and O–H groups in total. The second kappa shape index (κ2) is 9.89. The molecule has 0 unspecified atom stereocenters. The molecule has 0 atom stereocenters. The molecule has 0 bridgehead atoms. The highest BCUT2D eigenvalue weighted by atomic mass is 16.5. The van der Waals surface area contributed by atoms with E-state index in [4.69, 9.17) is 9.47 Å². The third kappa shape index (κ3) is 5.64. The number of aldehydes is 2. The van der Waals surface area contributed by atoms with E-state index in [0.717, 1.165) is 0 Å². The van der Waals surface area contributed by atoms with E-state index < -0.39 is 11.9 Å². The van der Waals surface area contributed by atoms with Gasteiger partial charge >= 0.3 is 11.9 Å². The number of ether oxygens (including phenoxy) is 2. The molecule has 6 heteroatoms. The summed E-state index contributed by atoms with van der Waals surface area (Å²) in [5.41, 5.74) is 1.01. The van der Waals surface area contributed by atoms with Crippen LogP contribution in [0.3, 0.4) is 0 Å². The van der Waals surface area contributed by atoms with Crippen molar-refractivity contribution in [2.24, 2.45) is 0 Å². The molecule has 24 heavy (non-hydrogen) atoms. The molecule has 1 aromatic carbocycles. The van der Waals surface area contributed by atoms with E-state index in [1.54, 1.807) is 38.1 Å². The van der Waals surface area contributed by atoms with Crippen LogP contribution in [0.25, 0.3) is 12.2 Å². The fourth-order valence-electron chi connectivity index (χ4n) is 1.76. The van der Waals surface area contributed by atoms with Gasteiger partial charge in [0, 0.05) is 0 Å². The van der Waals surface area contributed by atoms with Crippen molar-refractivity contribution in [1.82, 2.24) is 0 Å². The van der Waals surface area contributed by atoms with Crippen LogP contribution in [-0.2, 0) is 28.7 Å². The van der Waals surface area contributed by atoms with Crippen LogP contribution in [0.4, 0.5) is 0 Å². The quantitative estimate of drug-likeness (QED) is 0.238. The fraction of sp³-hybridized carbons (Fsp3) is 0.222. The molecular formula is C18H18O6. The molecule has 0 aromatic heterocycles. The SMILES string of the molecule is CCOC(=O)C(C=O)=Cc1ccc(C=C(C=O)C(=O)OCC)cc1. The second-order valence-electron chi connectivity index (χ2n) is 4.54. The highest BCUT2D eigenvalue weighted by molar-refractivity contribution is 6.12. The molecule has 126 valence electrons. The van der Waals surface area contributed by atoms with Crippen LogP contribution in [-0.4, -0.2) is 37.7 Å². The maximum absolute atomic E-state index is 11.5. The van der Waals surface area contributed by atoms with Crippen LogP contribution in [0, 0.1) is 0 Å². The van der Waals surface area contributed by atoms with Crippen molar-refractivity contribution in [2.45, 2.75) is 13.8 Å². The van der Waals surface area contributed by atoms with Gasteiger partial charge in [0.2, 0.25) is 0 Å². The van der Waals surface area contributed by atoms with Crippen molar-refractivity contribution in [3.8, 4) is 0 Å². The first-order chi connectivity index (χ1) is 11.5. The molecule has 0 fully saturated rings. The van der Waals surface area contributed by atoms with Crippen LogP contribution in [0.1, 0.15) is 25.0 Å². The molecule has 0 radical (unpaired) electrons. The minimum Gasteiger partial charge on any atom is -0.462 e. The lowest BCUT2D eigenvalue weighted by molar-refractivity contribution is -0.140. The molecule has 6 nitrogen and oxygen atoms in total. The Hall–Kier alpha value is -3.02. The van der Waals surface area contributed by atoms with Crippen molar-refractivity contribution >= 4 is 36.7 Å². The lowest BCUT2D eigenvalue weighted by Crippen LogP contribution is -2.08. The summed E-state index contributed by atoms with van der Waals surface area (Å²) in [7, 11) is 0. The van der Waals surface area contributed by atoms with Gasteiger partial charge in [0.15, 0.2) is 12.6 Å². The molecule has 0 heterocycles. The van der Waals surface area contributed by atoms with Crippen LogP contribution in [0.2, 0.25) is 0 Å². The summed E-state index contributed by atoms with van der Waals surface area (Å²) in [5, 5.41) is 0. The molecule has 0 amide bonds. The highest BCUT2D eigenvalue weighted by Gasteiger charge is 2.10. The molecular weight excluding hydrogens is 312 g/mol. The zero-order chi connectivity index (χ0) is 17.9. The number of benzene rings is 1. The average Bonchev–Trinajstić information content (AvgIpc) is 2.59. The van der Waals surface area contributed by atoms with E-state index >= 15 is 0 Å². The Labute approximate surface area is 139 Å². The van der Waals surface area contributed by atoms with Gasteiger partial charge in [-0.1, -0.05) is 24.3 Å². The van der Waals surface area contributed by atoms with Crippen molar-refractivity contribution in [1.29, 1.82) is 0 Å². The number of carbonyl (C=O) groups excluding carboxylic acids is 4. The van der Waals surface area contributed by atoms with Gasteiger partial charge in [0.1, 0.15) is 0 Å². The summed E-state index contributed by atoms with van der Waals surface area (Å²) < 4.78 is 9.54. The smallest absolute Gasteiger partial charge is 0.341 e. The summed E-state index contributed by atoms with van der Waals surface area (Å²) in [4.78, 5) is 45.0. The van der Waals surface area contributed by atoms with Gasteiger partial charge in [-0.3, -0.25) is 9.59 Å². The number of hydrogen-bond donors (Lipinski definition) is 0. The van der Waals surface area contributed by atoms with Crippen molar-refractivity contribution in [3.63, 3.8) is 0 Å². The van der Waals surface area contributed by atoms with Gasteiger partial charge in [0.25, 0.3) is 0 Å². The molecule has 0 aliphatic carbocycles. The Morgan fingerprint density at radius 2 is 1.12 bits per heavy atom. The lowest BCUT2D eigenvalue weighted by Gasteiger charge is -2.02. The predicted molar refractivity (Wildman–Crippen MR) is 87.8 cm³/mol. The van der Waals surface area contributed by atoms with E-state index in [1.807, 2.05) is 0 Å². The number of esters is 2. The first-order valence-corrected chi connectivity index (χ1v) is 7.33. The number of hydrogen-bond acceptors (Lipinski definition) is 6. The van der Waals surface area contributed by atoms with Gasteiger partial charge in [-0.2, -0.15) is 0 Å². The van der Waals surface area contributed by atoms with Crippen LogP contribution < -0.4 is 0 Å². The standard InChI is InChI=1S/C18H18O6/c1-3-23-17(21)15(11-19)9-13-5-7-14(8-6-13)10-16(12-20)18(22)24-4-2/h5-12H,3-4H2,1-2H3. The Bertz CT molecular complexity index is 608. The Morgan fingerprint density at radius 1 is 0.792 bits per heavy atom. The third-order valence-electron chi connectivity index (χ3n) is 2.86. The summed E-state index contributed by atoms with van der Waals surface area (Å²) in [6, 6.07) is 6.56. The van der Waals surface area contributed by atoms with Gasteiger partial charge in [-0.15, -0.1) is 0 Å². The second-order valence-corrected chi connectivity index (χ2v) is 4.54. The van der Waals surface area contributed by atoms with Crippen molar-refractivity contribution in [3.05, 3.63) is 46.5 Å². The van der Waals surface area contributed by atoms with Crippen molar-refractivity contribution in [2.75, 3.05) is 13.2 Å². The van der Waals surface area contributed by atoms with Crippen LogP contribution in [0.5, 0.6) is 0 Å². The van der Waals surface area contributed by atoms with Crippen molar-refractivity contribution < 1.29 is 28.7 Å². The molecule has 0 saturated carbocycles. The van der Waals surface area contributed by atoms with E-state index in [1.165, 1.54) is 12.2 Å². The Morgan fingerprint density at radius 3 is 1.38 bits per heavy atom. The number of rotatable bonds is 8. The Balaban J connectivity index is 2.99. The lowest BCUT2D eigenvalue weighted by atomic mass is 10.1. The molecule has 0 saturated heterocycles. The summed E-state index contributed by atoms with van der Waals surface area (Å²) >= 11 is 0. The maximum atomic E-state index is 11.5. The van der Waals surface area contributed by atoms with Gasteiger partial charge in [-0.05, 0) is 37.1 Å². The van der Waals surface area contributed by atoms with E-state index in [-0.39, 0.29) is 24.4 Å². The van der Waals surface area contributed by atoms with Gasteiger partial charge < -0.3 is 9.47 Å². The topological polar surface area (TPSA) is 86.7 Å². The van der Waals surface area contributed by atoms with Crippen LogP contribution >= 0.6 is 0 Å². The first kappa shape index (κ1) is 19.0. The van der Waals surface area contributed by atoms with Crippen LogP contribution in [0.15, 0.2) is 35.4 Å². The van der Waals surface area contributed by atoms with E-state index in [9.17, 15) is 19.2 Å². The molecule has 1 aromatic rings. The van der Waals surface area contributed by atoms with Gasteiger partial charge in [0.05, 0.1) is 24.4 Å². The minimum atomic E-state index is -0.693. The maximum Gasteiger partial charge on any atom is 0.341 e. The highest BCUT2D eigenvalue weighted by Crippen LogP contribution is 2.12. The van der Waals surface area contributed by atoms with E-state index in [2.05, 4.69) is 0 Å². The molecule has 1 rings (SSSR count). The average molecular weight is 330 g/mol. The summed E-state index contributed by atoms with van der Waals surface area (Å²) in [5.74, 6) is -1.39. The summed E-state index contributed by atoms with van der Waals surface area (Å²) in [6.45, 7) is 3.65. The largest absolute Gasteiger partial charge is 0.462 e. The monoisotopic (exact) mass is 330 g/mol. The molecule has 0 aliphatic heterocycles. The predicted octanol–water partition coefficient (Wildman–Crippen LogP) is 1.98. The normalized spacial score (nSPS) is 11.6. The fourth-order valence-corrected chi connectivity index (χ4v) is 1.76. The van der Waals surface area contributed by atoms with Gasteiger partial charge in [-0.25, -0.2) is 9.59 Å².